The smallest absolute Gasteiger partial charge is 0.142 e. The molecule has 3 aromatic rings. The highest BCUT2D eigenvalue weighted by Crippen LogP contribution is 2.25. The van der Waals surface area contributed by atoms with Crippen LogP contribution in [-0.2, 0) is 25.9 Å². The van der Waals surface area contributed by atoms with Gasteiger partial charge in [-0.2, -0.15) is 0 Å². The van der Waals surface area contributed by atoms with Crippen molar-refractivity contribution in [2.75, 3.05) is 6.54 Å². The molecule has 1 aliphatic heterocycles. The zero-order valence-corrected chi connectivity index (χ0v) is 13.1. The maximum Gasteiger partial charge on any atom is 0.142 e. The van der Waals surface area contributed by atoms with Crippen LogP contribution in [0.15, 0.2) is 65.2 Å². The summed E-state index contributed by atoms with van der Waals surface area (Å²) in [6.45, 7) is 2.94. The van der Waals surface area contributed by atoms with E-state index in [0.717, 1.165) is 43.9 Å². The molecule has 0 spiro atoms. The first-order valence-electron chi connectivity index (χ1n) is 8.15. The number of benzene rings is 2. The van der Waals surface area contributed by atoms with Crippen molar-refractivity contribution >= 4 is 0 Å². The van der Waals surface area contributed by atoms with Crippen molar-refractivity contribution in [1.29, 1.82) is 0 Å². The van der Waals surface area contributed by atoms with Gasteiger partial charge in [-0.05, 0) is 11.1 Å². The SMILES string of the molecule is c1ccc(Cc2noc3c2CN(Cc2ccccc2)CC3)cc1. The third kappa shape index (κ3) is 3.20. The molecule has 3 heteroatoms. The number of rotatable bonds is 4. The quantitative estimate of drug-likeness (QED) is 0.733. The summed E-state index contributed by atoms with van der Waals surface area (Å²) in [4.78, 5) is 2.48. The number of aromatic nitrogens is 1. The molecule has 0 bridgehead atoms. The lowest BCUT2D eigenvalue weighted by molar-refractivity contribution is 0.228. The first kappa shape index (κ1) is 14.2. The van der Waals surface area contributed by atoms with Crippen LogP contribution in [0.3, 0.4) is 0 Å². The third-order valence-corrected chi connectivity index (χ3v) is 4.45. The Morgan fingerprint density at radius 1 is 0.913 bits per heavy atom. The Balaban J connectivity index is 1.51. The summed E-state index contributed by atoms with van der Waals surface area (Å²) >= 11 is 0. The second kappa shape index (κ2) is 6.39. The summed E-state index contributed by atoms with van der Waals surface area (Å²) in [6, 6.07) is 21.1. The highest BCUT2D eigenvalue weighted by molar-refractivity contribution is 5.31. The van der Waals surface area contributed by atoms with E-state index in [9.17, 15) is 0 Å². The fraction of sp³-hybridized carbons (Fsp3) is 0.250. The minimum absolute atomic E-state index is 0.846. The largest absolute Gasteiger partial charge is 0.361 e. The Labute approximate surface area is 136 Å². The van der Waals surface area contributed by atoms with Crippen molar-refractivity contribution in [3.05, 3.63) is 88.8 Å². The summed E-state index contributed by atoms with van der Waals surface area (Å²) in [6.07, 6.45) is 1.79. The van der Waals surface area contributed by atoms with Crippen LogP contribution in [0.1, 0.15) is 28.1 Å². The molecule has 0 N–H and O–H groups in total. The summed E-state index contributed by atoms with van der Waals surface area (Å²) in [5.74, 6) is 1.07. The fourth-order valence-electron chi connectivity index (χ4n) is 3.22. The topological polar surface area (TPSA) is 29.3 Å². The lowest BCUT2D eigenvalue weighted by Crippen LogP contribution is -2.29. The molecule has 2 heterocycles. The Kier molecular flexibility index (Phi) is 3.95. The zero-order valence-electron chi connectivity index (χ0n) is 13.1. The molecule has 0 atom stereocenters. The lowest BCUT2D eigenvalue weighted by Gasteiger charge is -2.26. The molecule has 4 rings (SSSR count). The van der Waals surface area contributed by atoms with E-state index in [1.807, 2.05) is 6.07 Å². The molecular formula is C20H20N2O. The minimum Gasteiger partial charge on any atom is -0.361 e. The van der Waals surface area contributed by atoms with Crippen LogP contribution in [0.25, 0.3) is 0 Å². The number of nitrogens with zero attached hydrogens (tertiary/aromatic N) is 2. The second-order valence-corrected chi connectivity index (χ2v) is 6.14. The normalized spacial score (nSPS) is 14.6. The van der Waals surface area contributed by atoms with Crippen LogP contribution in [0.5, 0.6) is 0 Å². The van der Waals surface area contributed by atoms with E-state index < -0.39 is 0 Å². The summed E-state index contributed by atoms with van der Waals surface area (Å²) in [5, 5.41) is 4.33. The Morgan fingerprint density at radius 2 is 1.61 bits per heavy atom. The average molecular weight is 304 g/mol. The molecule has 0 saturated carbocycles. The van der Waals surface area contributed by atoms with Crippen molar-refractivity contribution in [1.82, 2.24) is 10.1 Å². The molecular weight excluding hydrogens is 284 g/mol. The van der Waals surface area contributed by atoms with Gasteiger partial charge in [0.25, 0.3) is 0 Å². The Morgan fingerprint density at radius 3 is 2.35 bits per heavy atom. The van der Waals surface area contributed by atoms with Crippen molar-refractivity contribution in [3.8, 4) is 0 Å². The second-order valence-electron chi connectivity index (χ2n) is 6.14. The zero-order chi connectivity index (χ0) is 15.5. The van der Waals surface area contributed by atoms with Crippen molar-refractivity contribution in [3.63, 3.8) is 0 Å². The van der Waals surface area contributed by atoms with E-state index in [-0.39, 0.29) is 0 Å². The Bertz CT molecular complexity index is 765. The van der Waals surface area contributed by atoms with Crippen LogP contribution >= 0.6 is 0 Å². The van der Waals surface area contributed by atoms with Crippen LogP contribution < -0.4 is 0 Å². The van der Waals surface area contributed by atoms with Gasteiger partial charge in [0.05, 0.1) is 5.69 Å². The van der Waals surface area contributed by atoms with Gasteiger partial charge in [-0.15, -0.1) is 0 Å². The van der Waals surface area contributed by atoms with E-state index >= 15 is 0 Å². The van der Waals surface area contributed by atoms with Crippen LogP contribution in [0, 0.1) is 0 Å². The van der Waals surface area contributed by atoms with Gasteiger partial charge in [0.2, 0.25) is 0 Å². The van der Waals surface area contributed by atoms with E-state index in [2.05, 4.69) is 64.7 Å². The molecule has 0 amide bonds. The van der Waals surface area contributed by atoms with Crippen molar-refractivity contribution in [2.45, 2.75) is 25.9 Å². The van der Waals surface area contributed by atoms with Crippen LogP contribution in [0.4, 0.5) is 0 Å². The summed E-state index contributed by atoms with van der Waals surface area (Å²) in [5.41, 5.74) is 5.01. The van der Waals surface area contributed by atoms with Gasteiger partial charge in [0, 0.05) is 38.0 Å². The van der Waals surface area contributed by atoms with Crippen molar-refractivity contribution < 1.29 is 4.52 Å². The highest BCUT2D eigenvalue weighted by Gasteiger charge is 2.24. The molecule has 0 radical (unpaired) electrons. The first-order chi connectivity index (χ1) is 11.4. The van der Waals surface area contributed by atoms with Gasteiger partial charge >= 0.3 is 0 Å². The number of hydrogen-bond donors (Lipinski definition) is 0. The molecule has 23 heavy (non-hydrogen) atoms. The lowest BCUT2D eigenvalue weighted by atomic mass is 10.0. The average Bonchev–Trinajstić information content (AvgIpc) is 2.99. The molecule has 1 aliphatic rings. The van der Waals surface area contributed by atoms with Crippen molar-refractivity contribution in [2.24, 2.45) is 0 Å². The molecule has 0 saturated heterocycles. The molecule has 3 nitrogen and oxygen atoms in total. The molecule has 0 unspecified atom stereocenters. The van der Waals surface area contributed by atoms with Gasteiger partial charge < -0.3 is 4.52 Å². The monoisotopic (exact) mass is 304 g/mol. The van der Waals surface area contributed by atoms with Gasteiger partial charge in [0.1, 0.15) is 5.76 Å². The van der Waals surface area contributed by atoms with Gasteiger partial charge in [0.15, 0.2) is 0 Å². The maximum absolute atomic E-state index is 5.58. The highest BCUT2D eigenvalue weighted by atomic mass is 16.5. The molecule has 0 aliphatic carbocycles. The molecule has 2 aromatic carbocycles. The van der Waals surface area contributed by atoms with Gasteiger partial charge in [-0.25, -0.2) is 0 Å². The maximum atomic E-state index is 5.58. The first-order valence-corrected chi connectivity index (χ1v) is 8.15. The predicted octanol–water partition coefficient (Wildman–Crippen LogP) is 3.82. The van der Waals surface area contributed by atoms with E-state index in [1.54, 1.807) is 0 Å². The predicted molar refractivity (Wildman–Crippen MR) is 90.0 cm³/mol. The van der Waals surface area contributed by atoms with Gasteiger partial charge in [-0.3, -0.25) is 4.90 Å². The fourth-order valence-corrected chi connectivity index (χ4v) is 3.22. The molecule has 1 aromatic heterocycles. The summed E-state index contributed by atoms with van der Waals surface area (Å²) in [7, 11) is 0. The third-order valence-electron chi connectivity index (χ3n) is 4.45. The molecule has 116 valence electrons. The van der Waals surface area contributed by atoms with E-state index in [4.69, 9.17) is 4.52 Å². The van der Waals surface area contributed by atoms with Crippen LogP contribution in [-0.4, -0.2) is 16.6 Å². The van der Waals surface area contributed by atoms with Gasteiger partial charge in [-0.1, -0.05) is 65.8 Å². The standard InChI is InChI=1S/C20H20N2O/c1-3-7-16(8-4-1)13-19-18-15-22(12-11-20(18)23-21-19)14-17-9-5-2-6-10-17/h1-10H,11-15H2. The van der Waals surface area contributed by atoms with Crippen LogP contribution in [0.2, 0.25) is 0 Å². The Hall–Kier alpha value is -2.39. The molecule has 0 fully saturated rings. The summed E-state index contributed by atoms with van der Waals surface area (Å²) < 4.78 is 5.58. The van der Waals surface area contributed by atoms with E-state index in [0.29, 0.717) is 0 Å². The number of hydrogen-bond acceptors (Lipinski definition) is 3. The van der Waals surface area contributed by atoms with E-state index in [1.165, 1.54) is 16.7 Å². The minimum atomic E-state index is 0.846. The number of fused-ring (bicyclic) bond motifs is 1.